The molecule has 2 atom stereocenters. The first-order valence-electron chi connectivity index (χ1n) is 8.64. The number of rotatable bonds is 10. The first-order chi connectivity index (χ1) is 12.1. The molecule has 4 heteroatoms. The molecule has 0 heterocycles. The van der Waals surface area contributed by atoms with Gasteiger partial charge in [0.15, 0.2) is 0 Å². The SMILES string of the molecule is CO[C@H](COC(C)C)c1cccc(COC(CO)c2ccccc2)c1. The van der Waals surface area contributed by atoms with Crippen molar-refractivity contribution in [2.24, 2.45) is 0 Å². The Morgan fingerprint density at radius 2 is 1.60 bits per heavy atom. The van der Waals surface area contributed by atoms with Crippen LogP contribution in [0, 0.1) is 0 Å². The standard InChI is InChI=1S/C21H28O4/c1-16(2)24-15-21(23-3)19-11-7-8-17(12-19)14-25-20(13-22)18-9-5-4-6-10-18/h4-12,16,20-22H,13-15H2,1-3H3/t20?,21-/m1/s1. The molecule has 25 heavy (non-hydrogen) atoms. The van der Waals surface area contributed by atoms with Crippen LogP contribution in [0.25, 0.3) is 0 Å². The first kappa shape index (κ1) is 19.6. The van der Waals surface area contributed by atoms with Crippen molar-refractivity contribution in [2.75, 3.05) is 20.3 Å². The Bertz CT molecular complexity index is 612. The largest absolute Gasteiger partial charge is 0.393 e. The van der Waals surface area contributed by atoms with Crippen LogP contribution >= 0.6 is 0 Å². The van der Waals surface area contributed by atoms with Crippen LogP contribution in [0.15, 0.2) is 54.6 Å². The highest BCUT2D eigenvalue weighted by Gasteiger charge is 2.14. The minimum atomic E-state index is -0.327. The highest BCUT2D eigenvalue weighted by atomic mass is 16.5. The maximum absolute atomic E-state index is 9.60. The molecule has 0 spiro atoms. The topological polar surface area (TPSA) is 47.9 Å². The van der Waals surface area contributed by atoms with Gasteiger partial charge in [0, 0.05) is 7.11 Å². The first-order valence-corrected chi connectivity index (χ1v) is 8.64. The van der Waals surface area contributed by atoms with E-state index in [1.165, 1.54) is 0 Å². The van der Waals surface area contributed by atoms with Gasteiger partial charge in [0.05, 0.1) is 25.9 Å². The summed E-state index contributed by atoms with van der Waals surface area (Å²) in [6.07, 6.45) is -0.266. The van der Waals surface area contributed by atoms with Gasteiger partial charge in [-0.1, -0.05) is 54.6 Å². The van der Waals surface area contributed by atoms with Crippen LogP contribution in [0.5, 0.6) is 0 Å². The number of hydrogen-bond donors (Lipinski definition) is 1. The second-order valence-corrected chi connectivity index (χ2v) is 6.24. The normalized spacial score (nSPS) is 13.8. The fraction of sp³-hybridized carbons (Fsp3) is 0.429. The number of aliphatic hydroxyl groups excluding tert-OH is 1. The predicted molar refractivity (Wildman–Crippen MR) is 98.3 cm³/mol. The lowest BCUT2D eigenvalue weighted by Gasteiger charge is -2.19. The van der Waals surface area contributed by atoms with Crippen molar-refractivity contribution in [3.8, 4) is 0 Å². The maximum Gasteiger partial charge on any atom is 0.106 e. The average Bonchev–Trinajstić information content (AvgIpc) is 2.64. The summed E-state index contributed by atoms with van der Waals surface area (Å²) < 4.78 is 17.1. The summed E-state index contributed by atoms with van der Waals surface area (Å²) in [6.45, 7) is 4.91. The van der Waals surface area contributed by atoms with E-state index in [1.807, 2.05) is 62.4 Å². The summed E-state index contributed by atoms with van der Waals surface area (Å²) in [7, 11) is 1.69. The van der Waals surface area contributed by atoms with Gasteiger partial charge in [0.1, 0.15) is 12.2 Å². The van der Waals surface area contributed by atoms with Gasteiger partial charge in [-0.2, -0.15) is 0 Å². The number of ether oxygens (including phenoxy) is 3. The van der Waals surface area contributed by atoms with Crippen molar-refractivity contribution in [1.29, 1.82) is 0 Å². The zero-order valence-electron chi connectivity index (χ0n) is 15.2. The van der Waals surface area contributed by atoms with Crippen molar-refractivity contribution < 1.29 is 19.3 Å². The van der Waals surface area contributed by atoms with Gasteiger partial charge in [-0.15, -0.1) is 0 Å². The second-order valence-electron chi connectivity index (χ2n) is 6.24. The van der Waals surface area contributed by atoms with E-state index in [0.717, 1.165) is 16.7 Å². The molecule has 1 unspecified atom stereocenters. The molecule has 0 aliphatic heterocycles. The minimum Gasteiger partial charge on any atom is -0.393 e. The Hall–Kier alpha value is -1.72. The van der Waals surface area contributed by atoms with Crippen molar-refractivity contribution in [1.82, 2.24) is 0 Å². The number of methoxy groups -OCH3 is 1. The molecule has 0 saturated heterocycles. The molecule has 1 N–H and O–H groups in total. The van der Waals surface area contributed by atoms with Crippen molar-refractivity contribution >= 4 is 0 Å². The second kappa shape index (κ2) is 10.3. The van der Waals surface area contributed by atoms with Crippen LogP contribution in [0.2, 0.25) is 0 Å². The van der Waals surface area contributed by atoms with Crippen LogP contribution in [-0.4, -0.2) is 31.5 Å². The Morgan fingerprint density at radius 3 is 2.24 bits per heavy atom. The monoisotopic (exact) mass is 344 g/mol. The molecule has 2 aromatic rings. The van der Waals surface area contributed by atoms with Crippen LogP contribution in [-0.2, 0) is 20.8 Å². The lowest BCUT2D eigenvalue weighted by atomic mass is 10.1. The summed E-state index contributed by atoms with van der Waals surface area (Å²) in [5, 5.41) is 9.60. The van der Waals surface area contributed by atoms with Crippen LogP contribution in [0.1, 0.15) is 42.7 Å². The Balaban J connectivity index is 2.00. The molecule has 0 aliphatic rings. The quantitative estimate of drug-likeness (QED) is 0.706. The number of aliphatic hydroxyl groups is 1. The van der Waals surface area contributed by atoms with E-state index in [-0.39, 0.29) is 24.9 Å². The minimum absolute atomic E-state index is 0.0490. The molecule has 0 saturated carbocycles. The Labute approximate surface area is 150 Å². The fourth-order valence-corrected chi connectivity index (χ4v) is 2.58. The van der Waals surface area contributed by atoms with Crippen molar-refractivity contribution in [3.63, 3.8) is 0 Å². The number of hydrogen-bond acceptors (Lipinski definition) is 4. The number of benzene rings is 2. The molecule has 0 radical (unpaired) electrons. The molecule has 0 amide bonds. The van der Waals surface area contributed by atoms with E-state index in [0.29, 0.717) is 13.2 Å². The summed E-state index contributed by atoms with van der Waals surface area (Å²) in [4.78, 5) is 0. The molecule has 2 aromatic carbocycles. The molecule has 0 bridgehead atoms. The summed E-state index contributed by atoms with van der Waals surface area (Å²) in [5.41, 5.74) is 3.07. The van der Waals surface area contributed by atoms with Crippen LogP contribution < -0.4 is 0 Å². The van der Waals surface area contributed by atoms with Gasteiger partial charge in [-0.3, -0.25) is 0 Å². The molecular formula is C21H28O4. The third-order valence-corrected chi connectivity index (χ3v) is 3.98. The Morgan fingerprint density at radius 1 is 0.880 bits per heavy atom. The molecule has 4 nitrogen and oxygen atoms in total. The lowest BCUT2D eigenvalue weighted by Crippen LogP contribution is -2.14. The molecule has 136 valence electrons. The van der Waals surface area contributed by atoms with Gasteiger partial charge in [0.2, 0.25) is 0 Å². The van der Waals surface area contributed by atoms with E-state index >= 15 is 0 Å². The lowest BCUT2D eigenvalue weighted by molar-refractivity contribution is -0.0169. The highest BCUT2D eigenvalue weighted by molar-refractivity contribution is 5.25. The van der Waals surface area contributed by atoms with E-state index in [9.17, 15) is 5.11 Å². The Kier molecular flexibility index (Phi) is 8.09. The summed E-state index contributed by atoms with van der Waals surface area (Å²) >= 11 is 0. The average molecular weight is 344 g/mol. The van der Waals surface area contributed by atoms with Gasteiger partial charge >= 0.3 is 0 Å². The van der Waals surface area contributed by atoms with Crippen LogP contribution in [0.4, 0.5) is 0 Å². The van der Waals surface area contributed by atoms with E-state index in [4.69, 9.17) is 14.2 Å². The van der Waals surface area contributed by atoms with E-state index in [1.54, 1.807) is 7.11 Å². The van der Waals surface area contributed by atoms with Crippen molar-refractivity contribution in [2.45, 2.75) is 38.8 Å². The van der Waals surface area contributed by atoms with Crippen molar-refractivity contribution in [3.05, 3.63) is 71.3 Å². The molecule has 0 fully saturated rings. The molecule has 0 aromatic heterocycles. The molecule has 2 rings (SSSR count). The summed E-state index contributed by atoms with van der Waals surface area (Å²) in [5.74, 6) is 0. The predicted octanol–water partition coefficient (Wildman–Crippen LogP) is 4.05. The summed E-state index contributed by atoms with van der Waals surface area (Å²) in [6, 6.07) is 17.9. The third-order valence-electron chi connectivity index (χ3n) is 3.98. The maximum atomic E-state index is 9.60. The van der Waals surface area contributed by atoms with Gasteiger partial charge in [-0.05, 0) is 30.5 Å². The van der Waals surface area contributed by atoms with Gasteiger partial charge < -0.3 is 19.3 Å². The van der Waals surface area contributed by atoms with Crippen LogP contribution in [0.3, 0.4) is 0 Å². The van der Waals surface area contributed by atoms with E-state index < -0.39 is 0 Å². The van der Waals surface area contributed by atoms with E-state index in [2.05, 4.69) is 6.07 Å². The molecule has 0 aliphatic carbocycles. The molecular weight excluding hydrogens is 316 g/mol. The third kappa shape index (κ3) is 6.25. The fourth-order valence-electron chi connectivity index (χ4n) is 2.58. The van der Waals surface area contributed by atoms with Gasteiger partial charge in [-0.25, -0.2) is 0 Å². The zero-order chi connectivity index (χ0) is 18.1. The van der Waals surface area contributed by atoms with Gasteiger partial charge in [0.25, 0.3) is 0 Å². The smallest absolute Gasteiger partial charge is 0.106 e. The highest BCUT2D eigenvalue weighted by Crippen LogP contribution is 2.22. The zero-order valence-corrected chi connectivity index (χ0v) is 15.2.